The molecule has 0 radical (unpaired) electrons. The van der Waals surface area contributed by atoms with E-state index in [0.717, 1.165) is 0 Å². The highest BCUT2D eigenvalue weighted by molar-refractivity contribution is 6.30. The summed E-state index contributed by atoms with van der Waals surface area (Å²) in [7, 11) is 0. The summed E-state index contributed by atoms with van der Waals surface area (Å²) >= 11 is 5.78. The first-order valence-corrected chi connectivity index (χ1v) is 9.31. The van der Waals surface area contributed by atoms with E-state index in [0.29, 0.717) is 23.7 Å². The van der Waals surface area contributed by atoms with E-state index in [1.165, 1.54) is 0 Å². The lowest BCUT2D eigenvalue weighted by Crippen LogP contribution is -2.51. The van der Waals surface area contributed by atoms with Gasteiger partial charge in [0.2, 0.25) is 0 Å². The Kier molecular flexibility index (Phi) is 7.62. The van der Waals surface area contributed by atoms with Crippen molar-refractivity contribution >= 4 is 29.4 Å². The minimum Gasteiger partial charge on any atom is -0.452 e. The van der Waals surface area contributed by atoms with Gasteiger partial charge in [-0.05, 0) is 45.0 Å². The summed E-state index contributed by atoms with van der Waals surface area (Å²) in [6.45, 7) is 6.42. The molecule has 1 aromatic rings. The molecular formula is C19H25ClN2O5. The largest absolute Gasteiger partial charge is 0.452 e. The summed E-state index contributed by atoms with van der Waals surface area (Å²) in [6.07, 6.45) is -0.998. The molecule has 0 bridgehead atoms. The Bertz CT molecular complexity index is 669. The maximum absolute atomic E-state index is 12.4. The van der Waals surface area contributed by atoms with Crippen LogP contribution in [0.1, 0.15) is 37.6 Å². The third-order valence-electron chi connectivity index (χ3n) is 4.11. The van der Waals surface area contributed by atoms with Gasteiger partial charge in [-0.2, -0.15) is 0 Å². The summed E-state index contributed by atoms with van der Waals surface area (Å²) in [5, 5.41) is 3.17. The molecule has 0 aromatic heterocycles. The van der Waals surface area contributed by atoms with E-state index in [2.05, 4.69) is 5.32 Å². The minimum absolute atomic E-state index is 0.0210. The molecule has 1 saturated heterocycles. The number of morpholine rings is 1. The zero-order valence-electron chi connectivity index (χ0n) is 15.7. The maximum Gasteiger partial charge on any atom is 0.308 e. The van der Waals surface area contributed by atoms with E-state index in [9.17, 15) is 14.4 Å². The van der Waals surface area contributed by atoms with Gasteiger partial charge in [0.05, 0.1) is 18.6 Å². The van der Waals surface area contributed by atoms with Crippen molar-refractivity contribution in [1.82, 2.24) is 10.2 Å². The van der Waals surface area contributed by atoms with Crippen LogP contribution in [0.15, 0.2) is 24.3 Å². The van der Waals surface area contributed by atoms with Gasteiger partial charge in [0, 0.05) is 30.2 Å². The molecular weight excluding hydrogens is 372 g/mol. The number of carbonyl (C=O) groups excluding carboxylic acids is 3. The Hall–Kier alpha value is -2.12. The minimum atomic E-state index is -0.873. The Morgan fingerprint density at radius 2 is 1.81 bits per heavy atom. The molecule has 3 atom stereocenters. The number of amides is 2. The molecule has 2 amide bonds. The van der Waals surface area contributed by atoms with Crippen molar-refractivity contribution in [3.8, 4) is 0 Å². The fourth-order valence-corrected chi connectivity index (χ4v) is 3.03. The average molecular weight is 397 g/mol. The Morgan fingerprint density at radius 3 is 2.41 bits per heavy atom. The first kappa shape index (κ1) is 21.2. The highest BCUT2D eigenvalue weighted by Gasteiger charge is 2.30. The second-order valence-electron chi connectivity index (χ2n) is 6.65. The fourth-order valence-electron chi connectivity index (χ4n) is 2.90. The number of rotatable bonds is 6. The number of ether oxygens (including phenoxy) is 2. The number of nitrogens with one attached hydrogen (secondary N) is 1. The first-order chi connectivity index (χ1) is 12.8. The van der Waals surface area contributed by atoms with Crippen molar-refractivity contribution < 1.29 is 23.9 Å². The normalized spacial score (nSPS) is 20.7. The summed E-state index contributed by atoms with van der Waals surface area (Å²) in [6, 6.07) is 6.43. The van der Waals surface area contributed by atoms with Crippen LogP contribution in [0.5, 0.6) is 0 Å². The summed E-state index contributed by atoms with van der Waals surface area (Å²) in [5.41, 5.74) is 0.451. The van der Waals surface area contributed by atoms with Crippen molar-refractivity contribution in [3.05, 3.63) is 34.9 Å². The van der Waals surface area contributed by atoms with Gasteiger partial charge < -0.3 is 19.7 Å². The van der Waals surface area contributed by atoms with E-state index < -0.39 is 12.1 Å². The number of halogens is 1. The molecule has 0 aliphatic carbocycles. The van der Waals surface area contributed by atoms with Crippen molar-refractivity contribution in [1.29, 1.82) is 0 Å². The second kappa shape index (κ2) is 9.71. The number of nitrogens with zero attached hydrogens (tertiary/aromatic N) is 1. The third-order valence-corrected chi connectivity index (χ3v) is 4.36. The van der Waals surface area contributed by atoms with Gasteiger partial charge in [-0.15, -0.1) is 0 Å². The highest BCUT2D eigenvalue weighted by atomic mass is 35.5. The summed E-state index contributed by atoms with van der Waals surface area (Å²) in [5.74, 6) is -1.09. The number of esters is 1. The van der Waals surface area contributed by atoms with Crippen molar-refractivity contribution in [3.63, 3.8) is 0 Å². The molecule has 148 valence electrons. The Labute approximate surface area is 163 Å². The molecule has 8 heteroatoms. The molecule has 2 rings (SSSR count). The molecule has 7 nitrogen and oxygen atoms in total. The highest BCUT2D eigenvalue weighted by Crippen LogP contribution is 2.13. The zero-order chi connectivity index (χ0) is 20.0. The maximum atomic E-state index is 12.4. The average Bonchev–Trinajstić information content (AvgIpc) is 2.60. The molecule has 1 heterocycles. The molecule has 1 N–H and O–H groups in total. The lowest BCUT2D eigenvalue weighted by atomic mass is 10.2. The molecule has 0 saturated carbocycles. The topological polar surface area (TPSA) is 84.9 Å². The van der Waals surface area contributed by atoms with Crippen molar-refractivity contribution in [2.24, 2.45) is 0 Å². The standard InChI is InChI=1S/C19H25ClN2O5/c1-12-10-22(11-13(2)26-12)19(25)14(3)27-17(23)8-9-21-18(24)15-4-6-16(20)7-5-15/h4-7,12-14H,8-11H2,1-3H3,(H,21,24). The first-order valence-electron chi connectivity index (χ1n) is 8.93. The van der Waals surface area contributed by atoms with E-state index in [1.54, 1.807) is 36.1 Å². The lowest BCUT2D eigenvalue weighted by molar-refractivity contribution is -0.164. The Morgan fingerprint density at radius 1 is 1.22 bits per heavy atom. The molecule has 0 spiro atoms. The zero-order valence-corrected chi connectivity index (χ0v) is 16.5. The van der Waals surface area contributed by atoms with Crippen LogP contribution in [0.3, 0.4) is 0 Å². The van der Waals surface area contributed by atoms with Crippen molar-refractivity contribution in [2.75, 3.05) is 19.6 Å². The van der Waals surface area contributed by atoms with Gasteiger partial charge in [0.1, 0.15) is 0 Å². The fraction of sp³-hybridized carbons (Fsp3) is 0.526. The van der Waals surface area contributed by atoms with Crippen LogP contribution >= 0.6 is 11.6 Å². The predicted molar refractivity (Wildman–Crippen MR) is 101 cm³/mol. The van der Waals surface area contributed by atoms with E-state index in [1.807, 2.05) is 13.8 Å². The van der Waals surface area contributed by atoms with Crippen LogP contribution < -0.4 is 5.32 Å². The molecule has 1 aliphatic rings. The number of hydrogen-bond acceptors (Lipinski definition) is 5. The van der Waals surface area contributed by atoms with E-state index in [4.69, 9.17) is 21.1 Å². The number of benzene rings is 1. The number of carbonyl (C=O) groups is 3. The lowest BCUT2D eigenvalue weighted by Gasteiger charge is -2.36. The number of hydrogen-bond donors (Lipinski definition) is 1. The summed E-state index contributed by atoms with van der Waals surface area (Å²) < 4.78 is 10.8. The summed E-state index contributed by atoms with van der Waals surface area (Å²) in [4.78, 5) is 38.0. The van der Waals surface area contributed by atoms with Gasteiger partial charge in [-0.3, -0.25) is 14.4 Å². The van der Waals surface area contributed by atoms with Crippen molar-refractivity contribution in [2.45, 2.75) is 45.5 Å². The van der Waals surface area contributed by atoms with Gasteiger partial charge in [0.15, 0.2) is 6.10 Å². The monoisotopic (exact) mass is 396 g/mol. The molecule has 1 aromatic carbocycles. The van der Waals surface area contributed by atoms with Crippen LogP contribution in [0.4, 0.5) is 0 Å². The molecule has 1 fully saturated rings. The van der Waals surface area contributed by atoms with Crippen LogP contribution in [-0.2, 0) is 19.1 Å². The van der Waals surface area contributed by atoms with Gasteiger partial charge >= 0.3 is 5.97 Å². The van der Waals surface area contributed by atoms with Gasteiger partial charge in [0.25, 0.3) is 11.8 Å². The van der Waals surface area contributed by atoms with Crippen LogP contribution in [0.25, 0.3) is 0 Å². The molecule has 27 heavy (non-hydrogen) atoms. The SMILES string of the molecule is CC1CN(C(=O)C(C)OC(=O)CCNC(=O)c2ccc(Cl)cc2)CC(C)O1. The molecule has 3 unspecified atom stereocenters. The van der Waals surface area contributed by atoms with Crippen LogP contribution in [-0.4, -0.2) is 60.6 Å². The van der Waals surface area contributed by atoms with E-state index in [-0.39, 0.29) is 37.0 Å². The van der Waals surface area contributed by atoms with Crippen LogP contribution in [0, 0.1) is 0 Å². The smallest absolute Gasteiger partial charge is 0.308 e. The second-order valence-corrected chi connectivity index (χ2v) is 7.08. The molecule has 1 aliphatic heterocycles. The van der Waals surface area contributed by atoms with Gasteiger partial charge in [-0.25, -0.2) is 0 Å². The predicted octanol–water partition coefficient (Wildman–Crippen LogP) is 2.03. The van der Waals surface area contributed by atoms with Gasteiger partial charge in [-0.1, -0.05) is 11.6 Å². The quantitative estimate of drug-likeness (QED) is 0.743. The van der Waals surface area contributed by atoms with E-state index >= 15 is 0 Å². The third kappa shape index (κ3) is 6.52. The van der Waals surface area contributed by atoms with Crippen LogP contribution in [0.2, 0.25) is 5.02 Å². The Balaban J connectivity index is 1.73.